The summed E-state index contributed by atoms with van der Waals surface area (Å²) in [6, 6.07) is 21.3. The zero-order valence-corrected chi connectivity index (χ0v) is 14.8. The molecule has 0 aliphatic heterocycles. The number of nitrogens with one attached hydrogen (secondary N) is 1. The van der Waals surface area contributed by atoms with Crippen LogP contribution in [0.5, 0.6) is 0 Å². The maximum absolute atomic E-state index is 4.74. The molecule has 0 aliphatic carbocycles. The predicted molar refractivity (Wildman–Crippen MR) is 101 cm³/mol. The fraction of sp³-hybridized carbons (Fsp3) is 0.250. The third-order valence-electron chi connectivity index (χ3n) is 3.81. The maximum atomic E-state index is 4.74. The lowest BCUT2D eigenvalue weighted by Crippen LogP contribution is -2.22. The van der Waals surface area contributed by atoms with E-state index in [1.54, 1.807) is 11.3 Å². The maximum Gasteiger partial charge on any atom is 0.107 e. The van der Waals surface area contributed by atoms with Gasteiger partial charge in [0, 0.05) is 25.0 Å². The van der Waals surface area contributed by atoms with Crippen molar-refractivity contribution in [1.82, 2.24) is 15.2 Å². The minimum atomic E-state index is 0.827. The van der Waals surface area contributed by atoms with Crippen LogP contribution in [0.2, 0.25) is 0 Å². The molecule has 0 atom stereocenters. The summed E-state index contributed by atoms with van der Waals surface area (Å²) in [5, 5.41) is 6.48. The van der Waals surface area contributed by atoms with Gasteiger partial charge in [-0.05, 0) is 18.2 Å². The standard InChI is InChI=1S/C20H23N3S/c1-21-12-19-16-24-20(22-19)15-23(13-17-8-4-2-5-9-17)14-18-10-6-3-7-11-18/h2-11,16,21H,12-15H2,1H3. The van der Waals surface area contributed by atoms with Crippen molar-refractivity contribution in [2.45, 2.75) is 26.2 Å². The first kappa shape index (κ1) is 16.8. The molecule has 0 saturated heterocycles. The third-order valence-corrected chi connectivity index (χ3v) is 4.70. The summed E-state index contributed by atoms with van der Waals surface area (Å²) in [6.07, 6.45) is 0. The number of hydrogen-bond acceptors (Lipinski definition) is 4. The molecule has 0 amide bonds. The van der Waals surface area contributed by atoms with Gasteiger partial charge >= 0.3 is 0 Å². The van der Waals surface area contributed by atoms with E-state index in [0.717, 1.165) is 31.9 Å². The summed E-state index contributed by atoms with van der Waals surface area (Å²) in [5.41, 5.74) is 3.79. The molecular weight excluding hydrogens is 314 g/mol. The second kappa shape index (κ2) is 8.73. The van der Waals surface area contributed by atoms with Gasteiger partial charge in [-0.1, -0.05) is 60.7 Å². The number of thiazole rings is 1. The van der Waals surface area contributed by atoms with Gasteiger partial charge in [-0.25, -0.2) is 4.98 Å². The first-order valence-electron chi connectivity index (χ1n) is 8.21. The van der Waals surface area contributed by atoms with E-state index in [1.807, 2.05) is 7.05 Å². The van der Waals surface area contributed by atoms with Gasteiger partial charge in [0.1, 0.15) is 5.01 Å². The van der Waals surface area contributed by atoms with Crippen LogP contribution in [0.3, 0.4) is 0 Å². The minimum Gasteiger partial charge on any atom is -0.314 e. The van der Waals surface area contributed by atoms with E-state index < -0.39 is 0 Å². The Balaban J connectivity index is 1.73. The molecule has 2 aromatic carbocycles. The molecule has 124 valence electrons. The molecule has 1 aromatic heterocycles. The molecule has 1 heterocycles. The molecule has 3 nitrogen and oxygen atoms in total. The van der Waals surface area contributed by atoms with Crippen LogP contribution < -0.4 is 5.32 Å². The van der Waals surface area contributed by atoms with Gasteiger partial charge in [0.2, 0.25) is 0 Å². The monoisotopic (exact) mass is 337 g/mol. The van der Waals surface area contributed by atoms with Gasteiger partial charge in [-0.2, -0.15) is 0 Å². The molecule has 3 aromatic rings. The molecule has 0 unspecified atom stereocenters. The minimum absolute atomic E-state index is 0.827. The van der Waals surface area contributed by atoms with Gasteiger partial charge in [-0.3, -0.25) is 4.90 Å². The molecule has 0 bridgehead atoms. The highest BCUT2D eigenvalue weighted by Gasteiger charge is 2.11. The molecule has 0 saturated carbocycles. The van der Waals surface area contributed by atoms with Crippen LogP contribution in [-0.4, -0.2) is 16.9 Å². The number of benzene rings is 2. The molecule has 0 aliphatic rings. The smallest absolute Gasteiger partial charge is 0.107 e. The molecule has 4 heteroatoms. The SMILES string of the molecule is CNCc1csc(CN(Cc2ccccc2)Cc2ccccc2)n1. The zero-order chi connectivity index (χ0) is 16.6. The Hall–Kier alpha value is -2.01. The number of hydrogen-bond donors (Lipinski definition) is 1. The predicted octanol–water partition coefficient (Wildman–Crippen LogP) is 4.06. The summed E-state index contributed by atoms with van der Waals surface area (Å²) in [7, 11) is 1.95. The second-order valence-corrected chi connectivity index (χ2v) is 6.82. The van der Waals surface area contributed by atoms with Crippen LogP contribution in [0.25, 0.3) is 0 Å². The average molecular weight is 337 g/mol. The first-order valence-corrected chi connectivity index (χ1v) is 9.09. The van der Waals surface area contributed by atoms with Crippen molar-refractivity contribution in [1.29, 1.82) is 0 Å². The van der Waals surface area contributed by atoms with Crippen molar-refractivity contribution in [3.05, 3.63) is 87.9 Å². The topological polar surface area (TPSA) is 28.2 Å². The summed E-state index contributed by atoms with van der Waals surface area (Å²) in [5.74, 6) is 0. The van der Waals surface area contributed by atoms with Gasteiger partial charge in [0.15, 0.2) is 0 Å². The number of aromatic nitrogens is 1. The van der Waals surface area contributed by atoms with Crippen LogP contribution in [0, 0.1) is 0 Å². The van der Waals surface area contributed by atoms with Gasteiger partial charge in [0.05, 0.1) is 12.2 Å². The Morgan fingerprint density at radius 2 is 1.46 bits per heavy atom. The summed E-state index contributed by atoms with van der Waals surface area (Å²) < 4.78 is 0. The lowest BCUT2D eigenvalue weighted by molar-refractivity contribution is 0.247. The van der Waals surface area contributed by atoms with E-state index in [2.05, 4.69) is 76.3 Å². The van der Waals surface area contributed by atoms with Crippen molar-refractivity contribution >= 4 is 11.3 Å². The van der Waals surface area contributed by atoms with Crippen molar-refractivity contribution in [3.8, 4) is 0 Å². The Labute approximate surface area is 148 Å². The molecular formula is C20H23N3S. The number of rotatable bonds is 8. The molecule has 0 spiro atoms. The van der Waals surface area contributed by atoms with E-state index in [-0.39, 0.29) is 0 Å². The van der Waals surface area contributed by atoms with Crippen LogP contribution >= 0.6 is 11.3 Å². The third kappa shape index (κ3) is 4.99. The Kier molecular flexibility index (Phi) is 6.13. The number of nitrogens with zero attached hydrogens (tertiary/aromatic N) is 2. The molecule has 24 heavy (non-hydrogen) atoms. The van der Waals surface area contributed by atoms with Crippen molar-refractivity contribution in [3.63, 3.8) is 0 Å². The fourth-order valence-corrected chi connectivity index (χ4v) is 3.56. The normalized spacial score (nSPS) is 11.1. The van der Waals surface area contributed by atoms with Gasteiger partial charge in [0.25, 0.3) is 0 Å². The van der Waals surface area contributed by atoms with E-state index in [0.29, 0.717) is 0 Å². The average Bonchev–Trinajstić information content (AvgIpc) is 3.04. The first-order chi connectivity index (χ1) is 11.8. The Morgan fingerprint density at radius 3 is 2.00 bits per heavy atom. The van der Waals surface area contributed by atoms with E-state index in [1.165, 1.54) is 16.1 Å². The molecule has 1 N–H and O–H groups in total. The molecule has 0 radical (unpaired) electrons. The van der Waals surface area contributed by atoms with Crippen LogP contribution in [-0.2, 0) is 26.2 Å². The van der Waals surface area contributed by atoms with E-state index in [9.17, 15) is 0 Å². The fourth-order valence-electron chi connectivity index (χ4n) is 2.73. The van der Waals surface area contributed by atoms with Crippen LogP contribution in [0.1, 0.15) is 21.8 Å². The highest BCUT2D eigenvalue weighted by atomic mass is 32.1. The Morgan fingerprint density at radius 1 is 0.875 bits per heavy atom. The zero-order valence-electron chi connectivity index (χ0n) is 14.0. The quantitative estimate of drug-likeness (QED) is 0.672. The highest BCUT2D eigenvalue weighted by molar-refractivity contribution is 7.09. The Bertz CT molecular complexity index is 683. The van der Waals surface area contributed by atoms with Crippen molar-refractivity contribution in [2.24, 2.45) is 0 Å². The molecule has 0 fully saturated rings. The van der Waals surface area contributed by atoms with Gasteiger partial charge in [-0.15, -0.1) is 11.3 Å². The van der Waals surface area contributed by atoms with E-state index >= 15 is 0 Å². The lowest BCUT2D eigenvalue weighted by Gasteiger charge is -2.21. The van der Waals surface area contributed by atoms with Crippen molar-refractivity contribution in [2.75, 3.05) is 7.05 Å². The van der Waals surface area contributed by atoms with Crippen LogP contribution in [0.4, 0.5) is 0 Å². The van der Waals surface area contributed by atoms with Crippen LogP contribution in [0.15, 0.2) is 66.0 Å². The largest absolute Gasteiger partial charge is 0.314 e. The highest BCUT2D eigenvalue weighted by Crippen LogP contribution is 2.17. The summed E-state index contributed by atoms with van der Waals surface area (Å²) >= 11 is 1.75. The summed E-state index contributed by atoms with van der Waals surface area (Å²) in [6.45, 7) is 3.55. The van der Waals surface area contributed by atoms with Gasteiger partial charge < -0.3 is 5.32 Å². The molecule has 3 rings (SSSR count). The second-order valence-electron chi connectivity index (χ2n) is 5.88. The summed E-state index contributed by atoms with van der Waals surface area (Å²) in [4.78, 5) is 7.19. The van der Waals surface area contributed by atoms with Crippen molar-refractivity contribution < 1.29 is 0 Å². The van der Waals surface area contributed by atoms with E-state index in [4.69, 9.17) is 4.98 Å². The lowest BCUT2D eigenvalue weighted by atomic mass is 10.1.